The van der Waals surface area contributed by atoms with Crippen molar-refractivity contribution in [3.05, 3.63) is 72.1 Å². The SMILES string of the molecule is Cc1ccccc1-c1nc(NS(=O)(=O)c2cnn(C)c2)nc(Oc2ccc(C3CCN(C)CC3)cc2)c1OC(C)C. The number of hydrogen-bond donors (Lipinski definition) is 1. The van der Waals surface area contributed by atoms with Crippen molar-refractivity contribution in [1.82, 2.24) is 24.6 Å². The van der Waals surface area contributed by atoms with E-state index in [4.69, 9.17) is 9.47 Å². The summed E-state index contributed by atoms with van der Waals surface area (Å²) in [4.78, 5) is 11.5. The molecule has 0 atom stereocenters. The third-order valence-corrected chi connectivity index (χ3v) is 8.37. The lowest BCUT2D eigenvalue weighted by atomic mass is 9.90. The monoisotopic (exact) mass is 576 g/mol. The van der Waals surface area contributed by atoms with Gasteiger partial charge >= 0.3 is 0 Å². The fraction of sp³-hybridized carbons (Fsp3) is 0.367. The van der Waals surface area contributed by atoms with Gasteiger partial charge in [-0.15, -0.1) is 0 Å². The number of ether oxygens (including phenoxy) is 2. The van der Waals surface area contributed by atoms with Crippen LogP contribution in [0.5, 0.6) is 17.4 Å². The first kappa shape index (κ1) is 28.6. The van der Waals surface area contributed by atoms with E-state index < -0.39 is 10.0 Å². The molecule has 10 nitrogen and oxygen atoms in total. The average molecular weight is 577 g/mol. The zero-order valence-corrected chi connectivity index (χ0v) is 24.9. The van der Waals surface area contributed by atoms with E-state index in [-0.39, 0.29) is 22.8 Å². The molecule has 0 aliphatic carbocycles. The van der Waals surface area contributed by atoms with Gasteiger partial charge in [0, 0.05) is 18.8 Å². The Kier molecular flexibility index (Phi) is 8.27. The van der Waals surface area contributed by atoms with Gasteiger partial charge in [-0.3, -0.25) is 4.68 Å². The Morgan fingerprint density at radius 3 is 2.34 bits per heavy atom. The Balaban J connectivity index is 1.55. The van der Waals surface area contributed by atoms with E-state index >= 15 is 0 Å². The molecule has 0 bridgehead atoms. The van der Waals surface area contributed by atoms with E-state index in [0.717, 1.165) is 37.1 Å². The highest BCUT2D eigenvalue weighted by Gasteiger charge is 2.25. The third kappa shape index (κ3) is 6.68. The van der Waals surface area contributed by atoms with Gasteiger partial charge in [0.05, 0.1) is 12.3 Å². The molecule has 0 unspecified atom stereocenters. The molecule has 1 aliphatic heterocycles. The number of rotatable bonds is 9. The van der Waals surface area contributed by atoms with Crippen LogP contribution in [-0.4, -0.2) is 59.3 Å². The zero-order valence-electron chi connectivity index (χ0n) is 24.0. The van der Waals surface area contributed by atoms with Gasteiger partial charge in [-0.25, -0.2) is 18.1 Å². The normalized spacial score (nSPS) is 14.8. The van der Waals surface area contributed by atoms with Crippen LogP contribution in [0.1, 0.15) is 43.7 Å². The summed E-state index contributed by atoms with van der Waals surface area (Å²) in [5.41, 5.74) is 3.41. The van der Waals surface area contributed by atoms with Gasteiger partial charge in [-0.05, 0) is 82.9 Å². The van der Waals surface area contributed by atoms with E-state index in [1.165, 1.54) is 22.6 Å². The Hall–Kier alpha value is -3.96. The van der Waals surface area contributed by atoms with Crippen molar-refractivity contribution in [3.63, 3.8) is 0 Å². The van der Waals surface area contributed by atoms with Gasteiger partial charge in [0.1, 0.15) is 16.3 Å². The van der Waals surface area contributed by atoms with E-state index in [1.807, 2.05) is 57.2 Å². The topological polar surface area (TPSA) is 111 Å². The van der Waals surface area contributed by atoms with Crippen LogP contribution in [0.15, 0.2) is 65.8 Å². The molecule has 2 aromatic heterocycles. The Labute approximate surface area is 241 Å². The molecular weight excluding hydrogens is 540 g/mol. The number of sulfonamides is 1. The molecule has 0 amide bonds. The van der Waals surface area contributed by atoms with Crippen LogP contribution in [0.3, 0.4) is 0 Å². The second-order valence-corrected chi connectivity index (χ2v) is 12.4. The molecule has 1 aliphatic rings. The maximum absolute atomic E-state index is 13.2. The smallest absolute Gasteiger partial charge is 0.268 e. The van der Waals surface area contributed by atoms with Gasteiger partial charge < -0.3 is 14.4 Å². The second-order valence-electron chi connectivity index (χ2n) is 10.7. The average Bonchev–Trinajstić information content (AvgIpc) is 3.38. The molecule has 4 aromatic rings. The summed E-state index contributed by atoms with van der Waals surface area (Å²) in [6.07, 6.45) is 4.70. The summed E-state index contributed by atoms with van der Waals surface area (Å²) in [7, 11) is -0.206. The van der Waals surface area contributed by atoms with Crippen LogP contribution in [0.2, 0.25) is 0 Å². The molecule has 2 aromatic carbocycles. The van der Waals surface area contributed by atoms with Crippen molar-refractivity contribution in [2.45, 2.75) is 50.5 Å². The van der Waals surface area contributed by atoms with Crippen molar-refractivity contribution in [3.8, 4) is 28.6 Å². The van der Waals surface area contributed by atoms with Gasteiger partial charge in [0.15, 0.2) is 0 Å². The summed E-state index contributed by atoms with van der Waals surface area (Å²) in [6.45, 7) is 7.93. The highest BCUT2D eigenvalue weighted by molar-refractivity contribution is 7.92. The highest BCUT2D eigenvalue weighted by Crippen LogP contribution is 2.41. The number of aryl methyl sites for hydroxylation is 2. The van der Waals surface area contributed by atoms with Crippen molar-refractivity contribution < 1.29 is 17.9 Å². The zero-order chi connectivity index (χ0) is 29.1. The third-order valence-electron chi connectivity index (χ3n) is 7.09. The minimum atomic E-state index is -4.01. The summed E-state index contributed by atoms with van der Waals surface area (Å²) in [5, 5.41) is 3.98. The number of anilines is 1. The number of piperidine rings is 1. The lowest BCUT2D eigenvalue weighted by Crippen LogP contribution is -2.29. The Bertz CT molecular complexity index is 1610. The number of likely N-dealkylation sites (tertiary alicyclic amines) is 1. The summed E-state index contributed by atoms with van der Waals surface area (Å²) in [5.74, 6) is 1.38. The first-order valence-corrected chi connectivity index (χ1v) is 15.2. The molecule has 5 rings (SSSR count). The maximum Gasteiger partial charge on any atom is 0.268 e. The molecule has 11 heteroatoms. The molecule has 1 saturated heterocycles. The van der Waals surface area contributed by atoms with E-state index in [9.17, 15) is 8.42 Å². The lowest BCUT2D eigenvalue weighted by molar-refractivity contribution is 0.231. The minimum Gasteiger partial charge on any atom is -0.484 e. The van der Waals surface area contributed by atoms with Crippen molar-refractivity contribution in [2.24, 2.45) is 7.05 Å². The van der Waals surface area contributed by atoms with Crippen LogP contribution in [0.25, 0.3) is 11.3 Å². The number of benzene rings is 2. The quantitative estimate of drug-likeness (QED) is 0.283. The van der Waals surface area contributed by atoms with Gasteiger partial charge in [0.2, 0.25) is 11.7 Å². The number of hydrogen-bond acceptors (Lipinski definition) is 8. The van der Waals surface area contributed by atoms with Gasteiger partial charge in [-0.1, -0.05) is 36.4 Å². The standard InChI is InChI=1S/C30H36N6O4S/c1-20(2)39-28-27(26-9-7-6-8-21(26)3)32-30(34-41(37,38)25-18-31-36(5)19-25)33-29(28)40-24-12-10-22(11-13-24)23-14-16-35(4)17-15-23/h6-13,18-20,23H,14-17H2,1-5H3,(H,32,33,34). The van der Waals surface area contributed by atoms with Crippen LogP contribution < -0.4 is 14.2 Å². The van der Waals surface area contributed by atoms with E-state index in [1.54, 1.807) is 7.05 Å². The molecule has 216 valence electrons. The highest BCUT2D eigenvalue weighted by atomic mass is 32.2. The van der Waals surface area contributed by atoms with Crippen molar-refractivity contribution in [1.29, 1.82) is 0 Å². The lowest BCUT2D eigenvalue weighted by Gasteiger charge is -2.29. The Morgan fingerprint density at radius 2 is 1.71 bits per heavy atom. The predicted molar refractivity (Wildman–Crippen MR) is 158 cm³/mol. The summed E-state index contributed by atoms with van der Waals surface area (Å²) < 4.78 is 42.7. The number of nitrogens with zero attached hydrogens (tertiary/aromatic N) is 5. The molecule has 41 heavy (non-hydrogen) atoms. The molecule has 0 radical (unpaired) electrons. The molecule has 0 saturated carbocycles. The summed E-state index contributed by atoms with van der Waals surface area (Å²) in [6, 6.07) is 15.7. The predicted octanol–water partition coefficient (Wildman–Crippen LogP) is 5.38. The maximum atomic E-state index is 13.2. The van der Waals surface area contributed by atoms with Crippen LogP contribution in [0, 0.1) is 6.92 Å². The fourth-order valence-corrected chi connectivity index (χ4v) is 5.81. The van der Waals surface area contributed by atoms with Crippen LogP contribution in [-0.2, 0) is 17.1 Å². The summed E-state index contributed by atoms with van der Waals surface area (Å²) >= 11 is 0. The second kappa shape index (κ2) is 11.9. The van der Waals surface area contributed by atoms with Crippen LogP contribution in [0.4, 0.5) is 5.95 Å². The number of aromatic nitrogens is 4. The molecule has 1 fully saturated rings. The van der Waals surface area contributed by atoms with Gasteiger partial charge in [-0.2, -0.15) is 10.1 Å². The molecule has 3 heterocycles. The molecular formula is C30H36N6O4S. The minimum absolute atomic E-state index is 0.00416. The fourth-order valence-electron chi connectivity index (χ4n) is 4.89. The largest absolute Gasteiger partial charge is 0.484 e. The van der Waals surface area contributed by atoms with Crippen LogP contribution >= 0.6 is 0 Å². The van der Waals surface area contributed by atoms with Crippen molar-refractivity contribution >= 4 is 16.0 Å². The molecule has 1 N–H and O–H groups in total. The van der Waals surface area contributed by atoms with E-state index in [0.29, 0.717) is 23.1 Å². The number of nitrogens with one attached hydrogen (secondary N) is 1. The Morgan fingerprint density at radius 1 is 1.00 bits per heavy atom. The molecule has 0 spiro atoms. The first-order chi connectivity index (χ1) is 19.6. The van der Waals surface area contributed by atoms with E-state index in [2.05, 4.69) is 43.9 Å². The first-order valence-electron chi connectivity index (χ1n) is 13.7. The van der Waals surface area contributed by atoms with Gasteiger partial charge in [0.25, 0.3) is 15.9 Å². The van der Waals surface area contributed by atoms with Crippen molar-refractivity contribution in [2.75, 3.05) is 24.9 Å².